The summed E-state index contributed by atoms with van der Waals surface area (Å²) in [5, 5.41) is 18.5. The van der Waals surface area contributed by atoms with Gasteiger partial charge in [0, 0.05) is 23.8 Å². The molecule has 18 heavy (non-hydrogen) atoms. The van der Waals surface area contributed by atoms with E-state index in [4.69, 9.17) is 5.11 Å². The molecule has 1 heterocycles. The molecule has 2 rings (SSSR count). The predicted molar refractivity (Wildman–Crippen MR) is 60.9 cm³/mol. The SMILES string of the molecule is Cc1cn(C2CC(O)C(CO)=C2F)c(=O)[nH]c1=O. The van der Waals surface area contributed by atoms with Gasteiger partial charge in [-0.15, -0.1) is 0 Å². The van der Waals surface area contributed by atoms with E-state index in [0.717, 1.165) is 4.57 Å². The second-order valence-corrected chi connectivity index (χ2v) is 4.28. The maximum atomic E-state index is 13.9. The number of aliphatic hydroxyl groups excluding tert-OH is 2. The highest BCUT2D eigenvalue weighted by Gasteiger charge is 2.34. The van der Waals surface area contributed by atoms with Gasteiger partial charge >= 0.3 is 5.69 Å². The maximum Gasteiger partial charge on any atom is 0.328 e. The molecule has 0 saturated heterocycles. The van der Waals surface area contributed by atoms with Crippen molar-refractivity contribution in [3.8, 4) is 0 Å². The van der Waals surface area contributed by atoms with E-state index in [1.807, 2.05) is 0 Å². The fourth-order valence-electron chi connectivity index (χ4n) is 2.06. The van der Waals surface area contributed by atoms with E-state index in [1.54, 1.807) is 0 Å². The molecule has 0 bridgehead atoms. The van der Waals surface area contributed by atoms with Crippen LogP contribution in [0, 0.1) is 6.92 Å². The first-order chi connectivity index (χ1) is 8.45. The Hall–Kier alpha value is -1.73. The Balaban J connectivity index is 2.52. The van der Waals surface area contributed by atoms with E-state index < -0.39 is 35.8 Å². The zero-order valence-electron chi connectivity index (χ0n) is 9.68. The molecule has 0 aliphatic heterocycles. The largest absolute Gasteiger partial charge is 0.392 e. The summed E-state index contributed by atoms with van der Waals surface area (Å²) < 4.78 is 14.9. The van der Waals surface area contributed by atoms with Crippen LogP contribution in [-0.2, 0) is 0 Å². The van der Waals surface area contributed by atoms with Crippen molar-refractivity contribution >= 4 is 0 Å². The molecule has 7 heteroatoms. The quantitative estimate of drug-likeness (QED) is 0.656. The number of hydrogen-bond donors (Lipinski definition) is 3. The lowest BCUT2D eigenvalue weighted by atomic mass is 10.2. The number of nitrogens with one attached hydrogen (secondary N) is 1. The number of hydrogen-bond acceptors (Lipinski definition) is 4. The summed E-state index contributed by atoms with van der Waals surface area (Å²) in [4.78, 5) is 24.9. The van der Waals surface area contributed by atoms with Gasteiger partial charge in [0.15, 0.2) is 0 Å². The Bertz CT molecular complexity index is 616. The standard InChI is InChI=1S/C11H13FN2O4/c1-5-3-14(11(18)13-10(5)17)7-2-8(16)6(4-15)9(7)12/h3,7-8,15-16H,2,4H2,1H3,(H,13,17,18). The Labute approximate surface area is 101 Å². The number of aromatic nitrogens is 2. The summed E-state index contributed by atoms with van der Waals surface area (Å²) in [5.74, 6) is -0.724. The molecule has 3 N–H and O–H groups in total. The summed E-state index contributed by atoms with van der Waals surface area (Å²) in [5.41, 5.74) is -1.11. The lowest BCUT2D eigenvalue weighted by Crippen LogP contribution is -2.33. The first kappa shape index (κ1) is 12.7. The van der Waals surface area contributed by atoms with Crippen molar-refractivity contribution in [1.82, 2.24) is 9.55 Å². The summed E-state index contributed by atoms with van der Waals surface area (Å²) in [6.45, 7) is 0.898. The zero-order chi connectivity index (χ0) is 13.4. The average Bonchev–Trinajstić information content (AvgIpc) is 2.59. The Morgan fingerprint density at radius 3 is 2.78 bits per heavy atom. The number of aryl methyl sites for hydroxylation is 1. The van der Waals surface area contributed by atoms with Crippen LogP contribution in [0.25, 0.3) is 0 Å². The Kier molecular flexibility index (Phi) is 3.18. The van der Waals surface area contributed by atoms with Crippen molar-refractivity contribution in [3.05, 3.63) is 44.0 Å². The van der Waals surface area contributed by atoms with Crippen LogP contribution < -0.4 is 11.2 Å². The molecule has 0 amide bonds. The topological polar surface area (TPSA) is 95.3 Å². The molecule has 0 radical (unpaired) electrons. The molecule has 0 fully saturated rings. The van der Waals surface area contributed by atoms with E-state index in [-0.39, 0.29) is 17.6 Å². The van der Waals surface area contributed by atoms with Gasteiger partial charge in [0.2, 0.25) is 0 Å². The molecule has 1 aromatic heterocycles. The van der Waals surface area contributed by atoms with E-state index in [9.17, 15) is 19.1 Å². The van der Waals surface area contributed by atoms with Crippen LogP contribution in [0.1, 0.15) is 18.0 Å². The van der Waals surface area contributed by atoms with Crippen molar-refractivity contribution in [2.75, 3.05) is 6.61 Å². The average molecular weight is 256 g/mol. The molecule has 2 unspecified atom stereocenters. The fraction of sp³-hybridized carbons (Fsp3) is 0.455. The summed E-state index contributed by atoms with van der Waals surface area (Å²) >= 11 is 0. The first-order valence-corrected chi connectivity index (χ1v) is 5.45. The van der Waals surface area contributed by atoms with Gasteiger partial charge in [-0.1, -0.05) is 0 Å². The molecule has 1 aromatic rings. The fourth-order valence-corrected chi connectivity index (χ4v) is 2.06. The lowest BCUT2D eigenvalue weighted by Gasteiger charge is -2.13. The number of H-pyrrole nitrogens is 1. The molecular weight excluding hydrogens is 243 g/mol. The number of nitrogens with zero attached hydrogens (tertiary/aromatic N) is 1. The molecule has 0 saturated carbocycles. The second kappa shape index (κ2) is 4.51. The van der Waals surface area contributed by atoms with Gasteiger partial charge in [-0.2, -0.15) is 0 Å². The van der Waals surface area contributed by atoms with E-state index in [2.05, 4.69) is 4.98 Å². The zero-order valence-corrected chi connectivity index (χ0v) is 9.68. The van der Waals surface area contributed by atoms with Crippen LogP contribution in [0.3, 0.4) is 0 Å². The van der Waals surface area contributed by atoms with Crippen molar-refractivity contribution in [2.24, 2.45) is 0 Å². The number of halogens is 1. The van der Waals surface area contributed by atoms with Crippen LogP contribution in [0.2, 0.25) is 0 Å². The monoisotopic (exact) mass is 256 g/mol. The van der Waals surface area contributed by atoms with Gasteiger partial charge in [-0.25, -0.2) is 9.18 Å². The van der Waals surface area contributed by atoms with Crippen LogP contribution in [0.15, 0.2) is 27.2 Å². The molecule has 0 spiro atoms. The van der Waals surface area contributed by atoms with Gasteiger partial charge in [-0.05, 0) is 6.92 Å². The molecule has 1 aliphatic carbocycles. The van der Waals surface area contributed by atoms with E-state index in [0.29, 0.717) is 0 Å². The van der Waals surface area contributed by atoms with Crippen molar-refractivity contribution in [1.29, 1.82) is 0 Å². The van der Waals surface area contributed by atoms with Gasteiger partial charge < -0.3 is 10.2 Å². The Morgan fingerprint density at radius 2 is 2.22 bits per heavy atom. The highest BCUT2D eigenvalue weighted by atomic mass is 19.1. The van der Waals surface area contributed by atoms with Crippen LogP contribution in [0.4, 0.5) is 4.39 Å². The Morgan fingerprint density at radius 1 is 1.56 bits per heavy atom. The molecule has 2 atom stereocenters. The lowest BCUT2D eigenvalue weighted by molar-refractivity contribution is 0.181. The molecule has 6 nitrogen and oxygen atoms in total. The van der Waals surface area contributed by atoms with Gasteiger partial charge in [0.05, 0.1) is 18.8 Å². The minimum absolute atomic E-state index is 0.0346. The highest BCUT2D eigenvalue weighted by molar-refractivity contribution is 5.25. The van der Waals surface area contributed by atoms with Gasteiger partial charge in [0.25, 0.3) is 5.56 Å². The highest BCUT2D eigenvalue weighted by Crippen LogP contribution is 2.35. The van der Waals surface area contributed by atoms with Crippen LogP contribution >= 0.6 is 0 Å². The minimum Gasteiger partial charge on any atom is -0.392 e. The number of allylic oxidation sites excluding steroid dienone is 1. The molecule has 1 aliphatic rings. The second-order valence-electron chi connectivity index (χ2n) is 4.28. The number of aromatic amines is 1. The van der Waals surface area contributed by atoms with Crippen molar-refractivity contribution in [3.63, 3.8) is 0 Å². The summed E-state index contributed by atoms with van der Waals surface area (Å²) in [7, 11) is 0. The third kappa shape index (κ3) is 1.91. The smallest absolute Gasteiger partial charge is 0.328 e. The summed E-state index contributed by atoms with van der Waals surface area (Å²) in [6.07, 6.45) is 0.102. The maximum absolute atomic E-state index is 13.9. The van der Waals surface area contributed by atoms with Crippen LogP contribution in [0.5, 0.6) is 0 Å². The molecular formula is C11H13FN2O4. The van der Waals surface area contributed by atoms with Crippen molar-refractivity contribution < 1.29 is 14.6 Å². The molecule has 98 valence electrons. The third-order valence-electron chi connectivity index (χ3n) is 3.10. The van der Waals surface area contributed by atoms with E-state index >= 15 is 0 Å². The normalized spacial score (nSPS) is 23.8. The number of aliphatic hydroxyl groups is 2. The third-order valence-corrected chi connectivity index (χ3v) is 3.10. The number of rotatable bonds is 2. The van der Waals surface area contributed by atoms with Crippen molar-refractivity contribution in [2.45, 2.75) is 25.5 Å². The molecule has 0 aromatic carbocycles. The first-order valence-electron chi connectivity index (χ1n) is 5.45. The van der Waals surface area contributed by atoms with Gasteiger partial charge in [0.1, 0.15) is 5.83 Å². The summed E-state index contributed by atoms with van der Waals surface area (Å²) in [6, 6.07) is -0.981. The predicted octanol–water partition coefficient (Wildman–Crippen LogP) is -0.633. The van der Waals surface area contributed by atoms with Gasteiger partial charge in [-0.3, -0.25) is 14.3 Å². The van der Waals surface area contributed by atoms with E-state index in [1.165, 1.54) is 13.1 Å². The van der Waals surface area contributed by atoms with Crippen LogP contribution in [-0.4, -0.2) is 32.5 Å². The minimum atomic E-state index is -1.11.